The number of nitrogens with two attached hydrogens (primary N) is 4. The molecule has 1 aromatic rings. The molecule has 0 aliphatic rings. The van der Waals surface area contributed by atoms with Crippen LogP contribution < -0.4 is 33.6 Å². The van der Waals surface area contributed by atoms with Crippen molar-refractivity contribution in [3.8, 4) is 0 Å². The Bertz CT molecular complexity index is 505. The maximum atomic E-state index is 11.8. The van der Waals surface area contributed by atoms with E-state index in [1.54, 1.807) is 0 Å². The maximum absolute atomic E-state index is 11.8. The van der Waals surface area contributed by atoms with Crippen molar-refractivity contribution in [3.63, 3.8) is 0 Å². The van der Waals surface area contributed by atoms with E-state index in [9.17, 15) is 4.79 Å². The summed E-state index contributed by atoms with van der Waals surface area (Å²) in [5, 5.41) is 5.95. The zero-order chi connectivity index (χ0) is 21.1. The van der Waals surface area contributed by atoms with Crippen LogP contribution >= 0.6 is 0 Å². The third kappa shape index (κ3) is 21.0. The third-order valence-corrected chi connectivity index (χ3v) is 3.23. The lowest BCUT2D eigenvalue weighted by Gasteiger charge is -2.17. The fourth-order valence-electron chi connectivity index (χ4n) is 2.07. The zero-order valence-electron chi connectivity index (χ0n) is 16.2. The molecule has 0 saturated carbocycles. The molecule has 0 fully saturated rings. The van der Waals surface area contributed by atoms with Crippen LogP contribution in [0.25, 0.3) is 0 Å². The quantitative estimate of drug-likeness (QED) is 0.377. The molecule has 0 aliphatic heterocycles. The lowest BCUT2D eigenvalue weighted by atomic mass is 10.1. The summed E-state index contributed by atoms with van der Waals surface area (Å²) in [6.07, 6.45) is 5.60. The number of unbranched alkanes of at least 4 members (excludes halogenated alkanes) is 3. The van der Waals surface area contributed by atoms with Crippen LogP contribution in [0.3, 0.4) is 0 Å². The average Bonchev–Trinajstić information content (AvgIpc) is 2.59. The number of urea groups is 3. The van der Waals surface area contributed by atoms with Gasteiger partial charge in [0.25, 0.3) is 0 Å². The largest absolute Gasteiger partial charge is 0.352 e. The molecule has 0 spiro atoms. The molecule has 154 valence electrons. The molecule has 1 rings (SSSR count). The molecule has 9 nitrogen and oxygen atoms in total. The summed E-state index contributed by atoms with van der Waals surface area (Å²) in [5.41, 5.74) is 18.2. The predicted molar refractivity (Wildman–Crippen MR) is 108 cm³/mol. The fraction of sp³-hybridized carbons (Fsp3) is 0.500. The van der Waals surface area contributed by atoms with E-state index in [4.69, 9.17) is 9.59 Å². The summed E-state index contributed by atoms with van der Waals surface area (Å²) in [6, 6.07) is 8.46. The minimum absolute atomic E-state index is 0.0628. The maximum Gasteiger partial charge on any atom is 0.315 e. The van der Waals surface area contributed by atoms with Crippen molar-refractivity contribution in [2.24, 2.45) is 22.9 Å². The second kappa shape index (κ2) is 17.8. The van der Waals surface area contributed by atoms with Gasteiger partial charge in [0.2, 0.25) is 0 Å². The van der Waals surface area contributed by atoms with E-state index in [-0.39, 0.29) is 12.1 Å². The Hall–Kier alpha value is -2.97. The molecule has 1 atom stereocenters. The summed E-state index contributed by atoms with van der Waals surface area (Å²) < 4.78 is 0. The van der Waals surface area contributed by atoms with Crippen LogP contribution in [0.2, 0.25) is 0 Å². The first-order valence-electron chi connectivity index (χ1n) is 8.93. The Labute approximate surface area is 161 Å². The highest BCUT2D eigenvalue weighted by Gasteiger charge is 2.11. The van der Waals surface area contributed by atoms with Gasteiger partial charge in [0, 0.05) is 6.54 Å². The highest BCUT2D eigenvalue weighted by atomic mass is 16.2. The Morgan fingerprint density at radius 2 is 1.41 bits per heavy atom. The summed E-state index contributed by atoms with van der Waals surface area (Å²) in [7, 11) is 0. The van der Waals surface area contributed by atoms with Crippen molar-refractivity contribution in [2.45, 2.75) is 52.0 Å². The van der Waals surface area contributed by atoms with Crippen LogP contribution in [0.15, 0.2) is 30.3 Å². The van der Waals surface area contributed by atoms with Crippen molar-refractivity contribution in [2.75, 3.05) is 6.54 Å². The molecular formula is C18H34N6O3. The second-order valence-electron chi connectivity index (χ2n) is 5.64. The first-order valence-corrected chi connectivity index (χ1v) is 8.93. The van der Waals surface area contributed by atoms with E-state index in [1.165, 1.54) is 19.3 Å². The molecule has 1 aromatic carbocycles. The number of hydrogen-bond acceptors (Lipinski definition) is 3. The topological polar surface area (TPSA) is 179 Å². The van der Waals surface area contributed by atoms with Crippen LogP contribution in [0.4, 0.5) is 14.4 Å². The van der Waals surface area contributed by atoms with Crippen molar-refractivity contribution in [1.82, 2.24) is 10.6 Å². The smallest absolute Gasteiger partial charge is 0.315 e. The van der Waals surface area contributed by atoms with Gasteiger partial charge in [0.15, 0.2) is 0 Å². The molecule has 1 unspecified atom stereocenters. The number of hydrogen-bond donors (Lipinski definition) is 6. The average molecular weight is 383 g/mol. The SMILES string of the molecule is CCCCCCNC(=O)NC(CC)c1ccccc1.NC(N)=O.NC(N)=O. The zero-order valence-corrected chi connectivity index (χ0v) is 16.2. The van der Waals surface area contributed by atoms with Crippen LogP contribution in [-0.2, 0) is 0 Å². The Morgan fingerprint density at radius 3 is 1.85 bits per heavy atom. The Balaban J connectivity index is 0. The van der Waals surface area contributed by atoms with Crippen molar-refractivity contribution < 1.29 is 14.4 Å². The first kappa shape index (κ1) is 26.3. The minimum Gasteiger partial charge on any atom is -0.352 e. The number of rotatable bonds is 8. The van der Waals surface area contributed by atoms with Gasteiger partial charge in [-0.3, -0.25) is 0 Å². The van der Waals surface area contributed by atoms with E-state index in [1.807, 2.05) is 18.2 Å². The number of nitrogens with one attached hydrogen (secondary N) is 2. The highest BCUT2D eigenvalue weighted by molar-refractivity contribution is 5.74. The molecule has 0 saturated heterocycles. The molecule has 0 heterocycles. The molecule has 6 amide bonds. The lowest BCUT2D eigenvalue weighted by Crippen LogP contribution is -2.38. The van der Waals surface area contributed by atoms with E-state index >= 15 is 0 Å². The van der Waals surface area contributed by atoms with Gasteiger partial charge >= 0.3 is 18.1 Å². The van der Waals surface area contributed by atoms with Gasteiger partial charge in [-0.15, -0.1) is 0 Å². The highest BCUT2D eigenvalue weighted by Crippen LogP contribution is 2.15. The van der Waals surface area contributed by atoms with Gasteiger partial charge in [-0.1, -0.05) is 63.4 Å². The number of amides is 6. The molecule has 9 heteroatoms. The van der Waals surface area contributed by atoms with E-state index in [0.29, 0.717) is 0 Å². The van der Waals surface area contributed by atoms with Gasteiger partial charge in [-0.25, -0.2) is 14.4 Å². The monoisotopic (exact) mass is 382 g/mol. The summed E-state index contributed by atoms with van der Waals surface area (Å²) >= 11 is 0. The standard InChI is InChI=1S/C16H26N2O.2CH4N2O/c1-3-5-6-10-13-17-16(19)18-15(4-2)14-11-8-7-9-12-14;2*2-1(3)4/h7-9,11-12,15H,3-6,10,13H2,1-2H3,(H2,17,18,19);2*(H4,2,3,4). The Kier molecular flexibility index (Phi) is 17.4. The number of benzene rings is 1. The first-order chi connectivity index (χ1) is 12.7. The minimum atomic E-state index is -0.833. The second-order valence-corrected chi connectivity index (χ2v) is 5.64. The van der Waals surface area contributed by atoms with E-state index < -0.39 is 12.1 Å². The van der Waals surface area contributed by atoms with Gasteiger partial charge in [0.1, 0.15) is 0 Å². The molecule has 0 aliphatic carbocycles. The van der Waals surface area contributed by atoms with Gasteiger partial charge < -0.3 is 33.6 Å². The number of carbonyl (C=O) groups excluding carboxylic acids is 3. The number of carbonyl (C=O) groups is 3. The summed E-state index contributed by atoms with van der Waals surface area (Å²) in [5.74, 6) is 0. The van der Waals surface area contributed by atoms with Crippen LogP contribution in [0, 0.1) is 0 Å². The lowest BCUT2D eigenvalue weighted by molar-refractivity contribution is 0.236. The third-order valence-electron chi connectivity index (χ3n) is 3.23. The molecule has 0 bridgehead atoms. The summed E-state index contributed by atoms with van der Waals surface area (Å²) in [6.45, 7) is 5.03. The molecule has 27 heavy (non-hydrogen) atoms. The van der Waals surface area contributed by atoms with Gasteiger partial charge in [0.05, 0.1) is 6.04 Å². The van der Waals surface area contributed by atoms with Gasteiger partial charge in [-0.05, 0) is 18.4 Å². The fourth-order valence-corrected chi connectivity index (χ4v) is 2.07. The molecular weight excluding hydrogens is 348 g/mol. The number of primary amides is 4. The van der Waals surface area contributed by atoms with Crippen LogP contribution in [-0.4, -0.2) is 24.6 Å². The molecule has 10 N–H and O–H groups in total. The molecule has 0 aromatic heterocycles. The predicted octanol–water partition coefficient (Wildman–Crippen LogP) is 2.06. The van der Waals surface area contributed by atoms with Gasteiger partial charge in [-0.2, -0.15) is 0 Å². The molecule has 0 radical (unpaired) electrons. The van der Waals surface area contributed by atoms with Crippen molar-refractivity contribution >= 4 is 18.1 Å². The van der Waals surface area contributed by atoms with Crippen molar-refractivity contribution in [1.29, 1.82) is 0 Å². The van der Waals surface area contributed by atoms with Crippen molar-refractivity contribution in [3.05, 3.63) is 35.9 Å². The van der Waals surface area contributed by atoms with Crippen LogP contribution in [0.1, 0.15) is 57.6 Å². The van der Waals surface area contributed by atoms with E-state index in [2.05, 4.69) is 59.5 Å². The van der Waals surface area contributed by atoms with E-state index in [0.717, 1.165) is 24.9 Å². The summed E-state index contributed by atoms with van der Waals surface area (Å²) in [4.78, 5) is 29.8. The normalized spacial score (nSPS) is 10.1. The van der Waals surface area contributed by atoms with Crippen LogP contribution in [0.5, 0.6) is 0 Å². The Morgan fingerprint density at radius 1 is 0.889 bits per heavy atom.